The number of nitrogens with zero attached hydrogens (tertiary/aromatic N) is 2. The molecule has 0 aliphatic carbocycles. The fourth-order valence-electron chi connectivity index (χ4n) is 1.17. The number of rotatable bonds is 5. The third-order valence-corrected chi connectivity index (χ3v) is 2.13. The highest BCUT2D eigenvalue weighted by Gasteiger charge is 2.04. The predicted molar refractivity (Wildman–Crippen MR) is 68.1 cm³/mol. The zero-order valence-corrected chi connectivity index (χ0v) is 11.0. The topological polar surface area (TPSA) is 66.9 Å². The Kier molecular flexibility index (Phi) is 5.15. The molecule has 0 bridgehead atoms. The average molecular weight is 257 g/mol. The Morgan fingerprint density at radius 1 is 1.47 bits per heavy atom. The van der Waals surface area contributed by atoms with Gasteiger partial charge in [0.25, 0.3) is 0 Å². The first-order valence-corrected chi connectivity index (χ1v) is 5.87. The summed E-state index contributed by atoms with van der Waals surface area (Å²) in [6.45, 7) is 6.75. The Labute approximate surface area is 106 Å². The first kappa shape index (κ1) is 13.7. The lowest BCUT2D eigenvalue weighted by Crippen LogP contribution is -2.32. The van der Waals surface area contributed by atoms with Gasteiger partial charge in [0.05, 0.1) is 6.54 Å². The standard InChI is InChI=1S/C11H17ClN4O/c1-7(2)5-14-10(17)6-13-9-4-8(3)15-11(12)16-9/h4,7H,5-6H2,1-3H3,(H,14,17)(H,13,15,16). The van der Waals surface area contributed by atoms with Crippen LogP contribution in [0.3, 0.4) is 0 Å². The molecule has 0 atom stereocenters. The van der Waals surface area contributed by atoms with E-state index in [1.165, 1.54) is 0 Å². The molecular weight excluding hydrogens is 240 g/mol. The van der Waals surface area contributed by atoms with Gasteiger partial charge in [-0.2, -0.15) is 0 Å². The van der Waals surface area contributed by atoms with Gasteiger partial charge < -0.3 is 10.6 Å². The molecule has 1 amide bonds. The summed E-state index contributed by atoms with van der Waals surface area (Å²) in [4.78, 5) is 19.3. The average Bonchev–Trinajstić information content (AvgIpc) is 2.22. The molecule has 1 aromatic heterocycles. The second-order valence-corrected chi connectivity index (χ2v) is 4.55. The maximum absolute atomic E-state index is 11.4. The van der Waals surface area contributed by atoms with Gasteiger partial charge in [-0.15, -0.1) is 0 Å². The number of carbonyl (C=O) groups excluding carboxylic acids is 1. The van der Waals surface area contributed by atoms with E-state index in [0.29, 0.717) is 18.3 Å². The molecule has 5 nitrogen and oxygen atoms in total. The van der Waals surface area contributed by atoms with Crippen LogP contribution in [0.5, 0.6) is 0 Å². The Balaban J connectivity index is 2.42. The maximum Gasteiger partial charge on any atom is 0.239 e. The lowest BCUT2D eigenvalue weighted by atomic mass is 10.2. The van der Waals surface area contributed by atoms with E-state index >= 15 is 0 Å². The number of aromatic nitrogens is 2. The highest BCUT2D eigenvalue weighted by molar-refractivity contribution is 6.28. The summed E-state index contributed by atoms with van der Waals surface area (Å²) in [5.41, 5.74) is 0.759. The second kappa shape index (κ2) is 6.39. The van der Waals surface area contributed by atoms with Crippen molar-refractivity contribution in [3.8, 4) is 0 Å². The van der Waals surface area contributed by atoms with Gasteiger partial charge in [0.2, 0.25) is 11.2 Å². The molecule has 6 heteroatoms. The summed E-state index contributed by atoms with van der Waals surface area (Å²) in [5, 5.41) is 5.88. The summed E-state index contributed by atoms with van der Waals surface area (Å²) in [6.07, 6.45) is 0. The molecule has 17 heavy (non-hydrogen) atoms. The van der Waals surface area contributed by atoms with Crippen molar-refractivity contribution in [3.63, 3.8) is 0 Å². The molecule has 1 heterocycles. The van der Waals surface area contributed by atoms with Crippen molar-refractivity contribution >= 4 is 23.3 Å². The van der Waals surface area contributed by atoms with E-state index in [4.69, 9.17) is 11.6 Å². The van der Waals surface area contributed by atoms with Crippen LogP contribution in [0.1, 0.15) is 19.5 Å². The minimum Gasteiger partial charge on any atom is -0.361 e. The molecule has 0 unspecified atom stereocenters. The van der Waals surface area contributed by atoms with Crippen LogP contribution in [-0.4, -0.2) is 29.0 Å². The normalized spacial score (nSPS) is 10.4. The number of halogens is 1. The summed E-state index contributed by atoms with van der Waals surface area (Å²) in [6, 6.07) is 1.74. The monoisotopic (exact) mass is 256 g/mol. The van der Waals surface area contributed by atoms with Crippen LogP contribution in [0.4, 0.5) is 5.82 Å². The first-order valence-electron chi connectivity index (χ1n) is 5.49. The van der Waals surface area contributed by atoms with E-state index in [1.807, 2.05) is 20.8 Å². The second-order valence-electron chi connectivity index (χ2n) is 4.22. The fraction of sp³-hybridized carbons (Fsp3) is 0.545. The molecule has 1 rings (SSSR count). The lowest BCUT2D eigenvalue weighted by Gasteiger charge is -2.09. The van der Waals surface area contributed by atoms with Crippen molar-refractivity contribution in [2.24, 2.45) is 5.92 Å². The number of hydrogen-bond donors (Lipinski definition) is 2. The molecule has 94 valence electrons. The fourth-order valence-corrected chi connectivity index (χ4v) is 1.40. The Morgan fingerprint density at radius 2 is 2.18 bits per heavy atom. The van der Waals surface area contributed by atoms with E-state index in [9.17, 15) is 4.79 Å². The van der Waals surface area contributed by atoms with Crippen LogP contribution in [-0.2, 0) is 4.79 Å². The molecular formula is C11H17ClN4O. The molecule has 1 aromatic rings. The van der Waals surface area contributed by atoms with E-state index < -0.39 is 0 Å². The van der Waals surface area contributed by atoms with Crippen LogP contribution < -0.4 is 10.6 Å². The van der Waals surface area contributed by atoms with Crippen molar-refractivity contribution in [3.05, 3.63) is 17.0 Å². The number of amides is 1. The van der Waals surface area contributed by atoms with Crippen molar-refractivity contribution < 1.29 is 4.79 Å². The van der Waals surface area contributed by atoms with Crippen molar-refractivity contribution in [1.29, 1.82) is 0 Å². The van der Waals surface area contributed by atoms with Crippen LogP contribution in [0.2, 0.25) is 5.28 Å². The zero-order chi connectivity index (χ0) is 12.8. The largest absolute Gasteiger partial charge is 0.361 e. The molecule has 0 saturated heterocycles. The number of anilines is 1. The third kappa shape index (κ3) is 5.49. The molecule has 0 spiro atoms. The van der Waals surface area contributed by atoms with Gasteiger partial charge in [0.1, 0.15) is 5.82 Å². The van der Waals surface area contributed by atoms with E-state index in [2.05, 4.69) is 20.6 Å². The molecule has 0 saturated carbocycles. The van der Waals surface area contributed by atoms with Crippen LogP contribution in [0, 0.1) is 12.8 Å². The zero-order valence-electron chi connectivity index (χ0n) is 10.2. The summed E-state index contributed by atoms with van der Waals surface area (Å²) in [7, 11) is 0. The van der Waals surface area contributed by atoms with Crippen LogP contribution in [0.25, 0.3) is 0 Å². The summed E-state index contributed by atoms with van der Waals surface area (Å²) in [5.74, 6) is 0.933. The minimum atomic E-state index is -0.0638. The lowest BCUT2D eigenvalue weighted by molar-refractivity contribution is -0.119. The number of hydrogen-bond acceptors (Lipinski definition) is 4. The Bertz CT molecular complexity index is 375. The van der Waals surface area contributed by atoms with Gasteiger partial charge in [-0.05, 0) is 24.4 Å². The number of carbonyl (C=O) groups is 1. The molecule has 0 radical (unpaired) electrons. The van der Waals surface area contributed by atoms with Gasteiger partial charge >= 0.3 is 0 Å². The van der Waals surface area contributed by atoms with Crippen molar-refractivity contribution in [1.82, 2.24) is 15.3 Å². The predicted octanol–water partition coefficient (Wildman–Crippen LogP) is 1.62. The van der Waals surface area contributed by atoms with Crippen molar-refractivity contribution in [2.45, 2.75) is 20.8 Å². The van der Waals surface area contributed by atoms with Gasteiger partial charge in [-0.3, -0.25) is 4.79 Å². The van der Waals surface area contributed by atoms with Gasteiger partial charge in [0, 0.05) is 18.3 Å². The van der Waals surface area contributed by atoms with Gasteiger partial charge in [0.15, 0.2) is 0 Å². The molecule has 2 N–H and O–H groups in total. The molecule has 0 aliphatic heterocycles. The van der Waals surface area contributed by atoms with Crippen molar-refractivity contribution in [2.75, 3.05) is 18.4 Å². The Hall–Kier alpha value is -1.36. The first-order chi connectivity index (χ1) is 7.97. The van der Waals surface area contributed by atoms with E-state index in [1.54, 1.807) is 6.07 Å². The van der Waals surface area contributed by atoms with Gasteiger partial charge in [-0.25, -0.2) is 9.97 Å². The molecule has 0 fully saturated rings. The quantitative estimate of drug-likeness (QED) is 0.786. The molecule has 0 aromatic carbocycles. The van der Waals surface area contributed by atoms with Gasteiger partial charge in [-0.1, -0.05) is 13.8 Å². The summed E-state index contributed by atoms with van der Waals surface area (Å²) < 4.78 is 0. The molecule has 0 aliphatic rings. The minimum absolute atomic E-state index is 0.0638. The number of nitrogens with one attached hydrogen (secondary N) is 2. The Morgan fingerprint density at radius 3 is 2.76 bits per heavy atom. The smallest absolute Gasteiger partial charge is 0.239 e. The van der Waals surface area contributed by atoms with Crippen LogP contribution >= 0.6 is 11.6 Å². The number of aryl methyl sites for hydroxylation is 1. The maximum atomic E-state index is 11.4. The highest BCUT2D eigenvalue weighted by atomic mass is 35.5. The van der Waals surface area contributed by atoms with E-state index in [-0.39, 0.29) is 17.7 Å². The van der Waals surface area contributed by atoms with Crippen LogP contribution in [0.15, 0.2) is 6.07 Å². The third-order valence-electron chi connectivity index (χ3n) is 1.96. The SMILES string of the molecule is Cc1cc(NCC(=O)NCC(C)C)nc(Cl)n1. The van der Waals surface area contributed by atoms with E-state index in [0.717, 1.165) is 5.69 Å². The highest BCUT2D eigenvalue weighted by Crippen LogP contribution is 2.08. The summed E-state index contributed by atoms with van der Waals surface area (Å²) >= 11 is 5.71.